The largest absolute Gasteiger partial charge is 0.341 e. The van der Waals surface area contributed by atoms with Gasteiger partial charge in [0.1, 0.15) is 6.04 Å². The molecule has 0 unspecified atom stereocenters. The van der Waals surface area contributed by atoms with Crippen LogP contribution in [-0.2, 0) is 11.2 Å². The molecule has 2 amide bonds. The van der Waals surface area contributed by atoms with Crippen LogP contribution in [0.5, 0.6) is 0 Å². The summed E-state index contributed by atoms with van der Waals surface area (Å²) in [4.78, 5) is 30.5. The SMILES string of the molecule is CCc1ccc(C(=O)N[C@H](C(=O)N2CCC(N3CCCCC3)CC2)C(C)C)cc1. The molecule has 5 nitrogen and oxygen atoms in total. The van der Waals surface area contributed by atoms with Crippen molar-refractivity contribution in [3.63, 3.8) is 0 Å². The molecule has 0 radical (unpaired) electrons. The molecule has 1 N–H and O–H groups in total. The molecule has 3 rings (SSSR count). The zero-order chi connectivity index (χ0) is 20.8. The molecular formula is C24H37N3O2. The van der Waals surface area contributed by atoms with E-state index >= 15 is 0 Å². The molecule has 2 fully saturated rings. The zero-order valence-electron chi connectivity index (χ0n) is 18.3. The highest BCUT2D eigenvalue weighted by Crippen LogP contribution is 2.22. The summed E-state index contributed by atoms with van der Waals surface area (Å²) in [6.07, 6.45) is 7.00. The Morgan fingerprint density at radius 1 is 1.00 bits per heavy atom. The van der Waals surface area contributed by atoms with Crippen molar-refractivity contribution in [1.82, 2.24) is 15.1 Å². The smallest absolute Gasteiger partial charge is 0.251 e. The first kappa shape index (κ1) is 21.8. The molecular weight excluding hydrogens is 362 g/mol. The first-order valence-electron chi connectivity index (χ1n) is 11.4. The van der Waals surface area contributed by atoms with Gasteiger partial charge in [0.05, 0.1) is 0 Å². The van der Waals surface area contributed by atoms with E-state index in [0.29, 0.717) is 11.6 Å². The molecule has 1 aromatic carbocycles. The fourth-order valence-corrected chi connectivity index (χ4v) is 4.56. The van der Waals surface area contributed by atoms with Gasteiger partial charge in [-0.25, -0.2) is 0 Å². The molecule has 2 heterocycles. The number of carbonyl (C=O) groups is 2. The van der Waals surface area contributed by atoms with Gasteiger partial charge >= 0.3 is 0 Å². The van der Waals surface area contributed by atoms with Gasteiger partial charge < -0.3 is 15.1 Å². The number of rotatable bonds is 6. The number of nitrogens with one attached hydrogen (secondary N) is 1. The Bertz CT molecular complexity index is 672. The van der Waals surface area contributed by atoms with E-state index in [1.807, 2.05) is 43.0 Å². The van der Waals surface area contributed by atoms with Gasteiger partial charge in [0.2, 0.25) is 5.91 Å². The van der Waals surface area contributed by atoms with Crippen molar-refractivity contribution in [3.8, 4) is 0 Å². The third-order valence-electron chi connectivity index (χ3n) is 6.53. The molecule has 1 atom stereocenters. The number of benzene rings is 1. The van der Waals surface area contributed by atoms with Crippen molar-refractivity contribution >= 4 is 11.8 Å². The summed E-state index contributed by atoms with van der Waals surface area (Å²) < 4.78 is 0. The predicted octanol–water partition coefficient (Wildman–Crippen LogP) is 3.48. The molecule has 0 bridgehead atoms. The van der Waals surface area contributed by atoms with Crippen molar-refractivity contribution in [3.05, 3.63) is 35.4 Å². The zero-order valence-corrected chi connectivity index (χ0v) is 18.3. The summed E-state index contributed by atoms with van der Waals surface area (Å²) in [6, 6.07) is 7.79. The first-order chi connectivity index (χ1) is 14.0. The summed E-state index contributed by atoms with van der Waals surface area (Å²) >= 11 is 0. The molecule has 0 aliphatic carbocycles. The Balaban J connectivity index is 1.57. The Morgan fingerprint density at radius 2 is 1.62 bits per heavy atom. The van der Waals surface area contributed by atoms with Crippen LogP contribution in [0, 0.1) is 5.92 Å². The van der Waals surface area contributed by atoms with Gasteiger partial charge in [0.15, 0.2) is 0 Å². The Labute approximate surface area is 175 Å². The van der Waals surface area contributed by atoms with Crippen LogP contribution < -0.4 is 5.32 Å². The maximum absolute atomic E-state index is 13.2. The highest BCUT2D eigenvalue weighted by molar-refractivity contribution is 5.97. The van der Waals surface area contributed by atoms with E-state index < -0.39 is 6.04 Å². The average molecular weight is 400 g/mol. The van der Waals surface area contributed by atoms with E-state index in [9.17, 15) is 9.59 Å². The summed E-state index contributed by atoms with van der Waals surface area (Å²) in [5.41, 5.74) is 1.82. The second-order valence-corrected chi connectivity index (χ2v) is 8.90. The molecule has 0 saturated carbocycles. The Hall–Kier alpha value is -1.88. The van der Waals surface area contributed by atoms with Gasteiger partial charge in [-0.15, -0.1) is 0 Å². The van der Waals surface area contributed by atoms with E-state index in [4.69, 9.17) is 0 Å². The van der Waals surface area contributed by atoms with E-state index in [1.54, 1.807) is 0 Å². The lowest BCUT2D eigenvalue weighted by Gasteiger charge is -2.41. The Kier molecular flexibility index (Phi) is 7.70. The fourth-order valence-electron chi connectivity index (χ4n) is 4.56. The molecule has 160 valence electrons. The normalized spacial score (nSPS) is 19.9. The van der Waals surface area contributed by atoms with Crippen LogP contribution >= 0.6 is 0 Å². The number of nitrogens with zero attached hydrogens (tertiary/aromatic N) is 2. The third-order valence-corrected chi connectivity index (χ3v) is 6.53. The van der Waals surface area contributed by atoms with Crippen LogP contribution in [0.15, 0.2) is 24.3 Å². The topological polar surface area (TPSA) is 52.7 Å². The molecule has 2 saturated heterocycles. The summed E-state index contributed by atoms with van der Waals surface area (Å²) in [7, 11) is 0. The van der Waals surface area contributed by atoms with E-state index in [-0.39, 0.29) is 17.7 Å². The number of amides is 2. The molecule has 0 aromatic heterocycles. The minimum absolute atomic E-state index is 0.0567. The summed E-state index contributed by atoms with van der Waals surface area (Å²) in [5.74, 6) is -0.0419. The molecule has 5 heteroatoms. The predicted molar refractivity (Wildman–Crippen MR) is 117 cm³/mol. The van der Waals surface area contributed by atoms with Crippen LogP contribution in [0.1, 0.15) is 68.8 Å². The van der Waals surface area contributed by atoms with Crippen molar-refractivity contribution < 1.29 is 9.59 Å². The minimum atomic E-state index is -0.472. The number of piperidine rings is 2. The summed E-state index contributed by atoms with van der Waals surface area (Å²) in [5, 5.41) is 3.00. The lowest BCUT2D eigenvalue weighted by atomic mass is 9.97. The molecule has 2 aliphatic rings. The van der Waals surface area contributed by atoms with E-state index in [0.717, 1.165) is 32.4 Å². The molecule has 1 aromatic rings. The standard InChI is InChI=1S/C24H37N3O2/c1-4-19-8-10-20(11-9-19)23(28)25-22(18(2)3)24(29)27-16-12-21(13-17-27)26-14-6-5-7-15-26/h8-11,18,21-22H,4-7,12-17H2,1-3H3,(H,25,28)/t22-/m0/s1. The van der Waals surface area contributed by atoms with Crippen molar-refractivity contribution in [2.75, 3.05) is 26.2 Å². The van der Waals surface area contributed by atoms with Gasteiger partial charge in [-0.2, -0.15) is 0 Å². The number of carbonyl (C=O) groups excluding carboxylic acids is 2. The number of hydrogen-bond donors (Lipinski definition) is 1. The minimum Gasteiger partial charge on any atom is -0.341 e. The highest BCUT2D eigenvalue weighted by atomic mass is 16.2. The number of hydrogen-bond acceptors (Lipinski definition) is 3. The third kappa shape index (κ3) is 5.59. The monoisotopic (exact) mass is 399 g/mol. The molecule has 29 heavy (non-hydrogen) atoms. The average Bonchev–Trinajstić information content (AvgIpc) is 2.77. The first-order valence-corrected chi connectivity index (χ1v) is 11.4. The second-order valence-electron chi connectivity index (χ2n) is 8.90. The molecule has 2 aliphatic heterocycles. The fraction of sp³-hybridized carbons (Fsp3) is 0.667. The van der Waals surface area contributed by atoms with Crippen LogP contribution in [0.2, 0.25) is 0 Å². The van der Waals surface area contributed by atoms with E-state index in [2.05, 4.69) is 17.1 Å². The Morgan fingerprint density at radius 3 is 2.17 bits per heavy atom. The maximum Gasteiger partial charge on any atom is 0.251 e. The summed E-state index contributed by atoms with van der Waals surface area (Å²) in [6.45, 7) is 10.1. The van der Waals surface area contributed by atoms with Crippen molar-refractivity contribution in [2.24, 2.45) is 5.92 Å². The van der Waals surface area contributed by atoms with Crippen LogP contribution in [0.4, 0.5) is 0 Å². The highest BCUT2D eigenvalue weighted by Gasteiger charge is 2.33. The number of aryl methyl sites for hydroxylation is 1. The van der Waals surface area contributed by atoms with Gasteiger partial charge in [-0.3, -0.25) is 9.59 Å². The van der Waals surface area contributed by atoms with Crippen molar-refractivity contribution in [2.45, 2.75) is 71.4 Å². The second kappa shape index (κ2) is 10.2. The molecule has 0 spiro atoms. The van der Waals surface area contributed by atoms with Crippen LogP contribution in [0.3, 0.4) is 0 Å². The van der Waals surface area contributed by atoms with Gasteiger partial charge in [-0.05, 0) is 68.8 Å². The van der Waals surface area contributed by atoms with Gasteiger partial charge in [0.25, 0.3) is 5.91 Å². The quantitative estimate of drug-likeness (QED) is 0.797. The van der Waals surface area contributed by atoms with Gasteiger partial charge in [0, 0.05) is 24.7 Å². The lowest BCUT2D eigenvalue weighted by Crippen LogP contribution is -2.55. The van der Waals surface area contributed by atoms with Gasteiger partial charge in [-0.1, -0.05) is 39.3 Å². The van der Waals surface area contributed by atoms with Crippen LogP contribution in [0.25, 0.3) is 0 Å². The number of likely N-dealkylation sites (tertiary alicyclic amines) is 2. The maximum atomic E-state index is 13.2. The van der Waals surface area contributed by atoms with Crippen LogP contribution in [-0.4, -0.2) is 59.9 Å². The van der Waals surface area contributed by atoms with Crippen molar-refractivity contribution in [1.29, 1.82) is 0 Å². The van der Waals surface area contributed by atoms with E-state index in [1.165, 1.54) is 37.9 Å². The lowest BCUT2D eigenvalue weighted by molar-refractivity contribution is -0.136.